The molecule has 2 aliphatic rings. The monoisotopic (exact) mass is 325 g/mol. The van der Waals surface area contributed by atoms with Gasteiger partial charge in [-0.05, 0) is 0 Å². The van der Waals surface area contributed by atoms with E-state index in [9.17, 15) is 9.59 Å². The van der Waals surface area contributed by atoms with Crippen LogP contribution in [0.4, 0.5) is 10.6 Å². The van der Waals surface area contributed by atoms with Crippen LogP contribution in [0.15, 0.2) is 12.4 Å². The fourth-order valence-corrected chi connectivity index (χ4v) is 2.65. The van der Waals surface area contributed by atoms with Gasteiger partial charge in [-0.2, -0.15) is 0 Å². The van der Waals surface area contributed by atoms with Crippen LogP contribution in [-0.4, -0.2) is 77.6 Å². The number of urea groups is 1. The van der Waals surface area contributed by atoms with Gasteiger partial charge in [0.25, 0.3) is 0 Å². The van der Waals surface area contributed by atoms with Gasteiger partial charge in [-0.25, -0.2) is 14.8 Å². The second kappa shape index (κ2) is 6.45. The van der Waals surface area contributed by atoms with E-state index in [1.54, 1.807) is 15.9 Å². The first-order valence-corrected chi connectivity index (χ1v) is 7.42. The van der Waals surface area contributed by atoms with E-state index in [0.717, 1.165) is 0 Å². The molecule has 0 N–H and O–H groups in total. The van der Waals surface area contributed by atoms with Crippen LogP contribution in [0.5, 0.6) is 0 Å². The molecule has 0 radical (unpaired) electrons. The van der Waals surface area contributed by atoms with E-state index in [1.807, 2.05) is 0 Å². The molecule has 0 unspecified atom stereocenters. The quantitative estimate of drug-likeness (QED) is 0.691. The molecule has 22 heavy (non-hydrogen) atoms. The van der Waals surface area contributed by atoms with Crippen molar-refractivity contribution >= 4 is 29.4 Å². The van der Waals surface area contributed by atoms with Crippen LogP contribution in [0.3, 0.4) is 0 Å². The lowest BCUT2D eigenvalue weighted by Gasteiger charge is -2.37. The summed E-state index contributed by atoms with van der Waals surface area (Å²) >= 11 is 5.82. The third-order valence-corrected chi connectivity index (χ3v) is 3.88. The predicted octanol–water partition coefficient (Wildman–Crippen LogP) is 0.231. The molecular weight excluding hydrogens is 310 g/mol. The summed E-state index contributed by atoms with van der Waals surface area (Å²) < 4.78 is 5.23. The Kier molecular flexibility index (Phi) is 4.39. The van der Waals surface area contributed by atoms with Crippen LogP contribution in [0, 0.1) is 0 Å². The summed E-state index contributed by atoms with van der Waals surface area (Å²) in [6.07, 6.45) is 1.32. The van der Waals surface area contributed by atoms with E-state index in [4.69, 9.17) is 16.3 Å². The highest BCUT2D eigenvalue weighted by atomic mass is 35.5. The van der Waals surface area contributed by atoms with Crippen molar-refractivity contribution in [2.24, 2.45) is 0 Å². The van der Waals surface area contributed by atoms with E-state index in [0.29, 0.717) is 45.2 Å². The molecule has 0 bridgehead atoms. The van der Waals surface area contributed by atoms with E-state index in [2.05, 4.69) is 9.97 Å². The molecule has 0 saturated carbocycles. The van der Waals surface area contributed by atoms with Crippen molar-refractivity contribution in [2.45, 2.75) is 0 Å². The number of carbonyl (C=O) groups excluding carboxylic acids is 2. The first kappa shape index (κ1) is 15.0. The number of nitrogens with zero attached hydrogens (tertiary/aromatic N) is 5. The zero-order valence-electron chi connectivity index (χ0n) is 11.9. The molecule has 8 nitrogen and oxygen atoms in total. The lowest BCUT2D eigenvalue weighted by Crippen LogP contribution is -2.57. The molecule has 3 rings (SSSR count). The van der Waals surface area contributed by atoms with Crippen molar-refractivity contribution < 1.29 is 14.3 Å². The number of rotatable bonds is 1. The van der Waals surface area contributed by atoms with Crippen LogP contribution in [0.2, 0.25) is 5.15 Å². The first-order valence-electron chi connectivity index (χ1n) is 7.04. The fourth-order valence-electron chi connectivity index (χ4n) is 2.51. The average Bonchev–Trinajstić information content (AvgIpc) is 2.55. The maximum absolute atomic E-state index is 12.4. The number of aromatic nitrogens is 2. The Morgan fingerprint density at radius 1 is 1.14 bits per heavy atom. The van der Waals surface area contributed by atoms with Crippen molar-refractivity contribution in [3.05, 3.63) is 17.5 Å². The van der Waals surface area contributed by atoms with Crippen LogP contribution in [0.1, 0.15) is 0 Å². The number of halogens is 1. The molecule has 2 fully saturated rings. The number of amides is 3. The Balaban J connectivity index is 1.64. The molecule has 1 aromatic rings. The van der Waals surface area contributed by atoms with Crippen molar-refractivity contribution in [3.8, 4) is 0 Å². The second-order valence-corrected chi connectivity index (χ2v) is 5.44. The van der Waals surface area contributed by atoms with Gasteiger partial charge in [0.2, 0.25) is 5.91 Å². The highest BCUT2D eigenvalue weighted by Crippen LogP contribution is 2.17. The number of anilines is 1. The fraction of sp³-hybridized carbons (Fsp3) is 0.538. The molecule has 3 heterocycles. The topological polar surface area (TPSA) is 78.9 Å². The van der Waals surface area contributed by atoms with E-state index < -0.39 is 0 Å². The number of hydrogen-bond acceptors (Lipinski definition) is 5. The third kappa shape index (κ3) is 3.12. The van der Waals surface area contributed by atoms with Crippen molar-refractivity contribution in [2.75, 3.05) is 50.8 Å². The minimum Gasteiger partial charge on any atom is -0.378 e. The normalized spacial score (nSPS) is 19.5. The Bertz CT molecular complexity index is 579. The number of hydrogen-bond donors (Lipinski definition) is 0. The van der Waals surface area contributed by atoms with Gasteiger partial charge >= 0.3 is 6.03 Å². The summed E-state index contributed by atoms with van der Waals surface area (Å²) in [5.41, 5.74) is 0. The van der Waals surface area contributed by atoms with Gasteiger partial charge < -0.3 is 14.5 Å². The van der Waals surface area contributed by atoms with Crippen molar-refractivity contribution in [1.82, 2.24) is 19.8 Å². The Hall–Kier alpha value is -1.93. The Morgan fingerprint density at radius 3 is 2.59 bits per heavy atom. The molecule has 0 spiro atoms. The lowest BCUT2D eigenvalue weighted by molar-refractivity contribution is -0.120. The van der Waals surface area contributed by atoms with E-state index in [-0.39, 0.29) is 23.6 Å². The van der Waals surface area contributed by atoms with Crippen molar-refractivity contribution in [3.63, 3.8) is 0 Å². The predicted molar refractivity (Wildman–Crippen MR) is 78.8 cm³/mol. The maximum Gasteiger partial charge on any atom is 0.320 e. The number of morpholine rings is 1. The van der Waals surface area contributed by atoms with Gasteiger partial charge in [-0.15, -0.1) is 0 Å². The summed E-state index contributed by atoms with van der Waals surface area (Å²) in [6, 6.07) is 1.43. The molecule has 2 saturated heterocycles. The van der Waals surface area contributed by atoms with Crippen LogP contribution < -0.4 is 4.90 Å². The summed E-state index contributed by atoms with van der Waals surface area (Å²) in [7, 11) is 0. The highest BCUT2D eigenvalue weighted by molar-refractivity contribution is 6.29. The molecule has 0 atom stereocenters. The molecule has 9 heteroatoms. The van der Waals surface area contributed by atoms with Gasteiger partial charge in [0.05, 0.1) is 13.2 Å². The van der Waals surface area contributed by atoms with Gasteiger partial charge in [0.15, 0.2) is 0 Å². The van der Waals surface area contributed by atoms with Crippen LogP contribution >= 0.6 is 11.6 Å². The highest BCUT2D eigenvalue weighted by Gasteiger charge is 2.31. The maximum atomic E-state index is 12.4. The third-order valence-electron chi connectivity index (χ3n) is 3.67. The molecule has 3 amide bonds. The van der Waals surface area contributed by atoms with Gasteiger partial charge in [-0.3, -0.25) is 9.69 Å². The molecule has 1 aromatic heterocycles. The summed E-state index contributed by atoms with van der Waals surface area (Å²) in [6.45, 7) is 3.10. The molecule has 0 aliphatic carbocycles. The van der Waals surface area contributed by atoms with Gasteiger partial charge in [-0.1, -0.05) is 11.6 Å². The molecule has 0 aromatic carbocycles. The average molecular weight is 326 g/mol. The lowest BCUT2D eigenvalue weighted by atomic mass is 10.3. The smallest absolute Gasteiger partial charge is 0.320 e. The zero-order chi connectivity index (χ0) is 15.5. The summed E-state index contributed by atoms with van der Waals surface area (Å²) in [5, 5.41) is 0.282. The Morgan fingerprint density at radius 2 is 1.91 bits per heavy atom. The van der Waals surface area contributed by atoms with E-state index in [1.165, 1.54) is 11.2 Å². The van der Waals surface area contributed by atoms with Gasteiger partial charge in [0, 0.05) is 32.2 Å². The van der Waals surface area contributed by atoms with Crippen LogP contribution in [-0.2, 0) is 9.53 Å². The van der Waals surface area contributed by atoms with E-state index >= 15 is 0 Å². The number of carbonyl (C=O) groups is 2. The van der Waals surface area contributed by atoms with Crippen molar-refractivity contribution in [1.29, 1.82) is 0 Å². The van der Waals surface area contributed by atoms with Crippen LogP contribution in [0.25, 0.3) is 0 Å². The number of piperazine rings is 1. The minimum atomic E-state index is -0.178. The minimum absolute atomic E-state index is 0.0395. The molecular formula is C13H16ClN5O3. The SMILES string of the molecule is O=C(N1CCOCC1)N1CCN(c2cc(Cl)ncn2)C(=O)C1. The van der Waals surface area contributed by atoms with Gasteiger partial charge in [0.1, 0.15) is 23.8 Å². The first-order chi connectivity index (χ1) is 10.6. The largest absolute Gasteiger partial charge is 0.378 e. The standard InChI is InChI=1S/C13H16ClN5O3/c14-10-7-11(16-9-15-10)19-2-1-18(8-12(19)20)13(21)17-3-5-22-6-4-17/h7,9H,1-6,8H2. The zero-order valence-corrected chi connectivity index (χ0v) is 12.7. The molecule has 2 aliphatic heterocycles. The molecule has 118 valence electrons. The number of ether oxygens (including phenoxy) is 1. The Labute approximate surface area is 132 Å². The summed E-state index contributed by atoms with van der Waals surface area (Å²) in [4.78, 5) is 37.3. The summed E-state index contributed by atoms with van der Waals surface area (Å²) in [5.74, 6) is 0.283. The second-order valence-electron chi connectivity index (χ2n) is 5.05.